The number of ether oxygens (including phenoxy) is 2. The number of hydrogen-bond acceptors (Lipinski definition) is 7. The standard InChI is InChI=1S/C30H30F2N4O4/c1-17-12-19-13-20(14-23(39-4)26(19)36-35-17)28(37)33-16-30(10-5-11-40-30)24-15-22(29(2,3)38)25(32)27(34-24)18-6-8-21(31)9-7-18/h6-9,12-15,38H,5,10-11,16H2,1-4H3,(H,33,37). The van der Waals surface area contributed by atoms with Crippen molar-refractivity contribution < 1.29 is 28.2 Å². The molecule has 1 fully saturated rings. The van der Waals surface area contributed by atoms with Gasteiger partial charge in [0.05, 0.1) is 30.6 Å². The molecule has 8 nitrogen and oxygen atoms in total. The molecular formula is C30H30F2N4O4. The summed E-state index contributed by atoms with van der Waals surface area (Å²) < 4.78 is 40.9. The third-order valence-corrected chi connectivity index (χ3v) is 7.10. The Kier molecular flexibility index (Phi) is 7.24. The molecule has 0 bridgehead atoms. The van der Waals surface area contributed by atoms with E-state index in [0.29, 0.717) is 58.6 Å². The molecule has 40 heavy (non-hydrogen) atoms. The van der Waals surface area contributed by atoms with Gasteiger partial charge in [0, 0.05) is 28.7 Å². The molecule has 2 aromatic heterocycles. The average molecular weight is 549 g/mol. The Morgan fingerprint density at radius 3 is 2.55 bits per heavy atom. The number of halogens is 2. The zero-order valence-corrected chi connectivity index (χ0v) is 22.7. The average Bonchev–Trinajstić information content (AvgIpc) is 3.41. The normalized spacial score (nSPS) is 17.3. The summed E-state index contributed by atoms with van der Waals surface area (Å²) in [5.74, 6) is -1.12. The Balaban J connectivity index is 1.52. The number of benzene rings is 2. The van der Waals surface area contributed by atoms with E-state index in [1.165, 1.54) is 51.3 Å². The second-order valence-corrected chi connectivity index (χ2v) is 10.5. The highest BCUT2D eigenvalue weighted by atomic mass is 19.1. The number of methoxy groups -OCH3 is 1. The Bertz CT molecular complexity index is 1580. The summed E-state index contributed by atoms with van der Waals surface area (Å²) >= 11 is 0. The molecule has 0 saturated carbocycles. The topological polar surface area (TPSA) is 106 Å². The van der Waals surface area contributed by atoms with E-state index in [1.807, 2.05) is 13.0 Å². The van der Waals surface area contributed by atoms with E-state index in [1.54, 1.807) is 12.1 Å². The van der Waals surface area contributed by atoms with Gasteiger partial charge in [0.25, 0.3) is 5.91 Å². The number of aliphatic hydroxyl groups is 1. The van der Waals surface area contributed by atoms with Gasteiger partial charge in [0.2, 0.25) is 0 Å². The summed E-state index contributed by atoms with van der Waals surface area (Å²) in [6, 6.07) is 11.9. The summed E-state index contributed by atoms with van der Waals surface area (Å²) in [5.41, 5.74) is -0.295. The number of fused-ring (bicyclic) bond motifs is 1. The van der Waals surface area contributed by atoms with Crippen LogP contribution < -0.4 is 10.1 Å². The lowest BCUT2D eigenvalue weighted by Gasteiger charge is -2.31. The summed E-state index contributed by atoms with van der Waals surface area (Å²) in [7, 11) is 1.50. The second-order valence-electron chi connectivity index (χ2n) is 10.5. The summed E-state index contributed by atoms with van der Waals surface area (Å²) in [5, 5.41) is 22.7. The molecule has 0 spiro atoms. The SMILES string of the molecule is COc1cc(C(=O)NCC2(c3cc(C(C)(C)O)c(F)c(-c4ccc(F)cc4)n3)CCCO2)cc2cc(C)nnc12. The predicted octanol–water partition coefficient (Wildman–Crippen LogP) is 4.95. The van der Waals surface area contributed by atoms with Crippen LogP contribution in [0.3, 0.4) is 0 Å². The number of hydrogen-bond donors (Lipinski definition) is 2. The van der Waals surface area contributed by atoms with Crippen LogP contribution in [0.4, 0.5) is 8.78 Å². The lowest BCUT2D eigenvalue weighted by molar-refractivity contribution is -0.00266. The highest BCUT2D eigenvalue weighted by molar-refractivity contribution is 5.99. The van der Waals surface area contributed by atoms with Gasteiger partial charge < -0.3 is 19.9 Å². The number of amides is 1. The lowest BCUT2D eigenvalue weighted by atomic mass is 9.89. The van der Waals surface area contributed by atoms with Crippen molar-refractivity contribution in [3.8, 4) is 17.0 Å². The fourth-order valence-electron chi connectivity index (χ4n) is 4.98. The molecule has 0 aliphatic carbocycles. The Morgan fingerprint density at radius 1 is 1.15 bits per heavy atom. The Morgan fingerprint density at radius 2 is 1.90 bits per heavy atom. The monoisotopic (exact) mass is 548 g/mol. The molecule has 2 aromatic carbocycles. The first-order valence-electron chi connectivity index (χ1n) is 12.9. The fraction of sp³-hybridized carbons (Fsp3) is 0.333. The fourth-order valence-corrected chi connectivity index (χ4v) is 4.98. The quantitative estimate of drug-likeness (QED) is 0.337. The first kappa shape index (κ1) is 27.5. The van der Waals surface area contributed by atoms with Crippen molar-refractivity contribution in [2.75, 3.05) is 20.3 Å². The molecule has 1 aliphatic heterocycles. The number of pyridine rings is 1. The number of aromatic nitrogens is 3. The molecule has 10 heteroatoms. The van der Waals surface area contributed by atoms with Gasteiger partial charge in [0.1, 0.15) is 28.4 Å². The van der Waals surface area contributed by atoms with Gasteiger partial charge in [-0.25, -0.2) is 13.8 Å². The first-order valence-corrected chi connectivity index (χ1v) is 12.9. The van der Waals surface area contributed by atoms with E-state index in [4.69, 9.17) is 9.47 Å². The van der Waals surface area contributed by atoms with Crippen molar-refractivity contribution in [2.24, 2.45) is 0 Å². The summed E-state index contributed by atoms with van der Waals surface area (Å²) in [6.07, 6.45) is 1.20. The number of rotatable bonds is 7. The maximum Gasteiger partial charge on any atom is 0.251 e. The minimum Gasteiger partial charge on any atom is -0.494 e. The van der Waals surface area contributed by atoms with Crippen LogP contribution in [-0.4, -0.2) is 46.5 Å². The maximum absolute atomic E-state index is 15.7. The van der Waals surface area contributed by atoms with Gasteiger partial charge >= 0.3 is 0 Å². The smallest absolute Gasteiger partial charge is 0.251 e. The van der Waals surface area contributed by atoms with Crippen molar-refractivity contribution in [3.63, 3.8) is 0 Å². The molecule has 5 rings (SSSR count). The van der Waals surface area contributed by atoms with Crippen LogP contribution in [0, 0.1) is 18.6 Å². The largest absolute Gasteiger partial charge is 0.494 e. The summed E-state index contributed by atoms with van der Waals surface area (Å²) in [6.45, 7) is 5.23. The van der Waals surface area contributed by atoms with Gasteiger partial charge in [-0.05, 0) is 82.1 Å². The number of nitrogens with zero attached hydrogens (tertiary/aromatic N) is 3. The molecule has 0 radical (unpaired) electrons. The van der Waals surface area contributed by atoms with Gasteiger partial charge in [-0.15, -0.1) is 5.10 Å². The predicted molar refractivity (Wildman–Crippen MR) is 145 cm³/mol. The molecule has 2 N–H and O–H groups in total. The van der Waals surface area contributed by atoms with Gasteiger partial charge in [-0.3, -0.25) is 4.79 Å². The minimum absolute atomic E-state index is 0.0220. The van der Waals surface area contributed by atoms with Crippen molar-refractivity contribution in [3.05, 3.63) is 82.7 Å². The van der Waals surface area contributed by atoms with E-state index in [0.717, 1.165) is 0 Å². The number of aryl methyl sites for hydroxylation is 1. The van der Waals surface area contributed by atoms with Crippen LogP contribution in [0.15, 0.2) is 48.5 Å². The van der Waals surface area contributed by atoms with Gasteiger partial charge in [0.15, 0.2) is 5.82 Å². The number of carbonyl (C=O) groups is 1. The second kappa shape index (κ2) is 10.5. The molecule has 1 unspecified atom stereocenters. The van der Waals surface area contributed by atoms with E-state index < -0.39 is 22.8 Å². The van der Waals surface area contributed by atoms with Crippen LogP contribution in [0.2, 0.25) is 0 Å². The van der Waals surface area contributed by atoms with Gasteiger partial charge in [-0.1, -0.05) is 0 Å². The molecule has 1 saturated heterocycles. The van der Waals surface area contributed by atoms with Crippen LogP contribution in [-0.2, 0) is 15.9 Å². The number of carbonyl (C=O) groups excluding carboxylic acids is 1. The molecule has 1 atom stereocenters. The lowest BCUT2D eigenvalue weighted by Crippen LogP contribution is -2.41. The maximum atomic E-state index is 15.7. The zero-order valence-electron chi connectivity index (χ0n) is 22.7. The van der Waals surface area contributed by atoms with Crippen LogP contribution in [0.25, 0.3) is 22.2 Å². The Hall–Kier alpha value is -4.02. The van der Waals surface area contributed by atoms with Crippen LogP contribution in [0.1, 0.15) is 54.0 Å². The van der Waals surface area contributed by atoms with Crippen molar-refractivity contribution >= 4 is 16.8 Å². The first-order chi connectivity index (χ1) is 19.0. The number of nitrogens with one attached hydrogen (secondary N) is 1. The third-order valence-electron chi connectivity index (χ3n) is 7.10. The molecule has 1 amide bonds. The third kappa shape index (κ3) is 5.24. The van der Waals surface area contributed by atoms with E-state index in [9.17, 15) is 14.3 Å². The van der Waals surface area contributed by atoms with Crippen LogP contribution in [0.5, 0.6) is 5.75 Å². The molecule has 3 heterocycles. The molecule has 4 aromatic rings. The highest BCUT2D eigenvalue weighted by Crippen LogP contribution is 2.39. The van der Waals surface area contributed by atoms with Gasteiger partial charge in [-0.2, -0.15) is 5.10 Å². The van der Waals surface area contributed by atoms with Crippen molar-refractivity contribution in [1.29, 1.82) is 0 Å². The van der Waals surface area contributed by atoms with Crippen molar-refractivity contribution in [1.82, 2.24) is 20.5 Å². The van der Waals surface area contributed by atoms with E-state index >= 15 is 4.39 Å². The molecule has 1 aliphatic rings. The van der Waals surface area contributed by atoms with E-state index in [-0.39, 0.29) is 23.7 Å². The van der Waals surface area contributed by atoms with Crippen LogP contribution >= 0.6 is 0 Å². The molecular weight excluding hydrogens is 518 g/mol. The highest BCUT2D eigenvalue weighted by Gasteiger charge is 2.41. The minimum atomic E-state index is -1.54. The van der Waals surface area contributed by atoms with E-state index in [2.05, 4.69) is 20.5 Å². The van der Waals surface area contributed by atoms with Crippen molar-refractivity contribution in [2.45, 2.75) is 44.8 Å². The summed E-state index contributed by atoms with van der Waals surface area (Å²) in [4.78, 5) is 18.0. The zero-order chi connectivity index (χ0) is 28.7. The Labute approximate surface area is 230 Å². The molecule has 208 valence electrons.